The second-order valence-electron chi connectivity index (χ2n) is 6.70. The van der Waals surface area contributed by atoms with Gasteiger partial charge >= 0.3 is 0 Å². The molecule has 0 aromatic rings. The van der Waals surface area contributed by atoms with Gasteiger partial charge in [-0.3, -0.25) is 4.79 Å². The van der Waals surface area contributed by atoms with Gasteiger partial charge in [0.15, 0.2) is 0 Å². The first-order valence-corrected chi connectivity index (χ1v) is 7.77. The van der Waals surface area contributed by atoms with E-state index in [0.717, 1.165) is 31.3 Å². The minimum atomic E-state index is 0.130. The maximum Gasteiger partial charge on any atom is 0.239 e. The van der Waals surface area contributed by atoms with Crippen molar-refractivity contribution in [1.82, 2.24) is 10.2 Å². The van der Waals surface area contributed by atoms with Crippen molar-refractivity contribution in [2.24, 2.45) is 11.8 Å². The van der Waals surface area contributed by atoms with Crippen LogP contribution in [0.15, 0.2) is 0 Å². The lowest BCUT2D eigenvalue weighted by molar-refractivity contribution is -0.136. The Balaban J connectivity index is 1.52. The van der Waals surface area contributed by atoms with Crippen molar-refractivity contribution in [3.8, 4) is 0 Å². The molecule has 1 N–H and O–H groups in total. The standard InChI is InChI=1S/C15H26N2O/c1-11-4-5-12(9-11)10-17-8-2-3-14(15(17)18)16-13-6-7-13/h11-14,16H,2-10H2,1H3. The van der Waals surface area contributed by atoms with Gasteiger partial charge < -0.3 is 10.2 Å². The summed E-state index contributed by atoms with van der Waals surface area (Å²) in [6.45, 7) is 4.36. The summed E-state index contributed by atoms with van der Waals surface area (Å²) in [6, 6.07) is 0.774. The van der Waals surface area contributed by atoms with Gasteiger partial charge in [-0.15, -0.1) is 0 Å². The highest BCUT2D eigenvalue weighted by Gasteiger charge is 2.34. The molecule has 0 spiro atoms. The number of hydrogen-bond donors (Lipinski definition) is 1. The summed E-state index contributed by atoms with van der Waals surface area (Å²) >= 11 is 0. The lowest BCUT2D eigenvalue weighted by Crippen LogP contribution is -2.52. The summed E-state index contributed by atoms with van der Waals surface area (Å²) < 4.78 is 0. The molecule has 3 aliphatic rings. The molecule has 0 aromatic carbocycles. The number of piperidine rings is 1. The third kappa shape index (κ3) is 2.87. The van der Waals surface area contributed by atoms with Crippen LogP contribution < -0.4 is 5.32 Å². The number of nitrogens with zero attached hydrogens (tertiary/aromatic N) is 1. The topological polar surface area (TPSA) is 32.3 Å². The Bertz CT molecular complexity index is 314. The van der Waals surface area contributed by atoms with E-state index in [1.165, 1.54) is 38.5 Å². The molecule has 3 unspecified atom stereocenters. The van der Waals surface area contributed by atoms with Crippen molar-refractivity contribution in [3.05, 3.63) is 0 Å². The number of likely N-dealkylation sites (tertiary alicyclic amines) is 1. The SMILES string of the molecule is CC1CCC(CN2CCCC(NC3CC3)C2=O)C1. The van der Waals surface area contributed by atoms with Gasteiger partial charge in [0.05, 0.1) is 6.04 Å². The van der Waals surface area contributed by atoms with E-state index in [-0.39, 0.29) is 6.04 Å². The molecule has 0 radical (unpaired) electrons. The molecule has 2 saturated carbocycles. The molecule has 3 heteroatoms. The van der Waals surface area contributed by atoms with Gasteiger partial charge in [0.1, 0.15) is 0 Å². The van der Waals surface area contributed by atoms with Crippen LogP contribution in [0.3, 0.4) is 0 Å². The van der Waals surface area contributed by atoms with Crippen molar-refractivity contribution in [2.75, 3.05) is 13.1 Å². The van der Waals surface area contributed by atoms with E-state index in [1.807, 2.05) is 0 Å². The molecule has 3 nitrogen and oxygen atoms in total. The van der Waals surface area contributed by atoms with Crippen molar-refractivity contribution < 1.29 is 4.79 Å². The summed E-state index contributed by atoms with van der Waals surface area (Å²) in [5, 5.41) is 3.52. The fraction of sp³-hybridized carbons (Fsp3) is 0.933. The molecule has 3 atom stereocenters. The molecule has 1 saturated heterocycles. The molecule has 18 heavy (non-hydrogen) atoms. The fourth-order valence-electron chi connectivity index (χ4n) is 3.61. The number of hydrogen-bond acceptors (Lipinski definition) is 2. The van der Waals surface area contributed by atoms with Gasteiger partial charge in [0, 0.05) is 19.1 Å². The average Bonchev–Trinajstić information content (AvgIpc) is 3.07. The van der Waals surface area contributed by atoms with Gasteiger partial charge in [0.25, 0.3) is 0 Å². The molecule has 0 bridgehead atoms. The van der Waals surface area contributed by atoms with Crippen LogP contribution in [0.1, 0.15) is 51.9 Å². The number of nitrogens with one attached hydrogen (secondary N) is 1. The molecule has 1 amide bonds. The monoisotopic (exact) mass is 250 g/mol. The minimum Gasteiger partial charge on any atom is -0.341 e. The quantitative estimate of drug-likeness (QED) is 0.829. The maximum absolute atomic E-state index is 12.4. The van der Waals surface area contributed by atoms with E-state index in [1.54, 1.807) is 0 Å². The Morgan fingerprint density at radius 2 is 2.06 bits per heavy atom. The van der Waals surface area contributed by atoms with Crippen LogP contribution in [-0.4, -0.2) is 36.0 Å². The number of carbonyl (C=O) groups is 1. The zero-order chi connectivity index (χ0) is 12.5. The molecular formula is C15H26N2O. The second kappa shape index (κ2) is 5.20. The molecule has 3 rings (SSSR count). The molecule has 3 fully saturated rings. The molecule has 2 aliphatic carbocycles. The van der Waals surface area contributed by atoms with Crippen LogP contribution in [0.4, 0.5) is 0 Å². The summed E-state index contributed by atoms with van der Waals surface area (Å²) in [5.74, 6) is 2.02. The largest absolute Gasteiger partial charge is 0.341 e. The van der Waals surface area contributed by atoms with Crippen LogP contribution in [0, 0.1) is 11.8 Å². The Kier molecular flexibility index (Phi) is 3.60. The molecular weight excluding hydrogens is 224 g/mol. The zero-order valence-corrected chi connectivity index (χ0v) is 11.5. The van der Waals surface area contributed by atoms with E-state index in [4.69, 9.17) is 0 Å². The van der Waals surface area contributed by atoms with Crippen LogP contribution in [-0.2, 0) is 4.79 Å². The second-order valence-corrected chi connectivity index (χ2v) is 6.70. The van der Waals surface area contributed by atoms with Crippen molar-refractivity contribution in [3.63, 3.8) is 0 Å². The molecule has 0 aromatic heterocycles. The summed E-state index contributed by atoms with van der Waals surface area (Å²) in [4.78, 5) is 14.6. The number of amides is 1. The fourth-order valence-corrected chi connectivity index (χ4v) is 3.61. The highest BCUT2D eigenvalue weighted by molar-refractivity contribution is 5.82. The zero-order valence-electron chi connectivity index (χ0n) is 11.5. The Hall–Kier alpha value is -0.570. The first kappa shape index (κ1) is 12.5. The van der Waals surface area contributed by atoms with Crippen LogP contribution in [0.5, 0.6) is 0 Å². The van der Waals surface area contributed by atoms with Crippen molar-refractivity contribution >= 4 is 5.91 Å². The average molecular weight is 250 g/mol. The third-order valence-corrected chi connectivity index (χ3v) is 4.83. The maximum atomic E-state index is 12.4. The predicted octanol–water partition coefficient (Wildman–Crippen LogP) is 2.17. The third-order valence-electron chi connectivity index (χ3n) is 4.83. The minimum absolute atomic E-state index is 0.130. The molecule has 102 valence electrons. The lowest BCUT2D eigenvalue weighted by atomic mass is 10.0. The van der Waals surface area contributed by atoms with Crippen LogP contribution >= 0.6 is 0 Å². The van der Waals surface area contributed by atoms with Gasteiger partial charge in [0.2, 0.25) is 5.91 Å². The van der Waals surface area contributed by atoms with E-state index >= 15 is 0 Å². The molecule has 1 aliphatic heterocycles. The Morgan fingerprint density at radius 3 is 2.72 bits per heavy atom. The smallest absolute Gasteiger partial charge is 0.239 e. The van der Waals surface area contributed by atoms with E-state index in [2.05, 4.69) is 17.1 Å². The Morgan fingerprint density at radius 1 is 1.22 bits per heavy atom. The summed E-state index contributed by atoms with van der Waals surface area (Å²) in [7, 11) is 0. The predicted molar refractivity (Wildman–Crippen MR) is 72.3 cm³/mol. The summed E-state index contributed by atoms with van der Waals surface area (Å²) in [5.41, 5.74) is 0. The lowest BCUT2D eigenvalue weighted by Gasteiger charge is -2.34. The van der Waals surface area contributed by atoms with Gasteiger partial charge in [-0.1, -0.05) is 13.3 Å². The van der Waals surface area contributed by atoms with E-state index in [9.17, 15) is 4.79 Å². The number of rotatable bonds is 4. The van der Waals surface area contributed by atoms with Gasteiger partial charge in [-0.2, -0.15) is 0 Å². The molecule has 1 heterocycles. The normalized spacial score (nSPS) is 37.3. The first-order valence-electron chi connectivity index (χ1n) is 7.77. The van der Waals surface area contributed by atoms with Gasteiger partial charge in [-0.05, 0) is 50.4 Å². The van der Waals surface area contributed by atoms with E-state index < -0.39 is 0 Å². The van der Waals surface area contributed by atoms with Crippen LogP contribution in [0.2, 0.25) is 0 Å². The van der Waals surface area contributed by atoms with E-state index in [0.29, 0.717) is 11.9 Å². The number of carbonyl (C=O) groups excluding carboxylic acids is 1. The van der Waals surface area contributed by atoms with Crippen LogP contribution in [0.25, 0.3) is 0 Å². The highest BCUT2D eigenvalue weighted by atomic mass is 16.2. The summed E-state index contributed by atoms with van der Waals surface area (Å²) in [6.07, 6.45) is 8.77. The Labute approximate surface area is 110 Å². The van der Waals surface area contributed by atoms with Gasteiger partial charge in [-0.25, -0.2) is 0 Å². The highest BCUT2D eigenvalue weighted by Crippen LogP contribution is 2.31. The van der Waals surface area contributed by atoms with Crippen molar-refractivity contribution in [1.29, 1.82) is 0 Å². The first-order chi connectivity index (χ1) is 8.72. The van der Waals surface area contributed by atoms with Crippen molar-refractivity contribution in [2.45, 2.75) is 64.0 Å².